The van der Waals surface area contributed by atoms with E-state index in [-0.39, 0.29) is 43.2 Å². The summed E-state index contributed by atoms with van der Waals surface area (Å²) in [5.74, 6) is -2.60. The maximum Gasteiger partial charge on any atom is 0.416 e. The molecule has 0 aliphatic rings. The molecule has 0 aliphatic carbocycles. The van der Waals surface area contributed by atoms with Gasteiger partial charge in [0.25, 0.3) is 11.6 Å². The van der Waals surface area contributed by atoms with Crippen LogP contribution in [0.4, 0.5) is 24.5 Å². The number of anilines is 1. The van der Waals surface area contributed by atoms with E-state index in [9.17, 15) is 47.3 Å². The number of hydrogen-bond donors (Lipinski definition) is 3. The molecule has 0 spiro atoms. The lowest BCUT2D eigenvalue weighted by molar-refractivity contribution is -0.385. The minimum absolute atomic E-state index is 0.0973. The molecule has 0 aromatic heterocycles. The third-order valence-electron chi connectivity index (χ3n) is 10.4. The molecule has 3 N–H and O–H groups in total. The van der Waals surface area contributed by atoms with Gasteiger partial charge in [-0.25, -0.2) is 0 Å². The summed E-state index contributed by atoms with van der Waals surface area (Å²) in [6.07, 6.45) is -3.41. The molecular weight excluding hydrogens is 858 g/mol. The molecule has 348 valence electrons. The fraction of sp³-hybridized carbons (Fsp3) is 0.300. The molecule has 0 bridgehead atoms. The molecule has 16 heteroatoms. The molecule has 0 heterocycles. The zero-order chi connectivity index (χ0) is 48.4. The maximum absolute atomic E-state index is 13.4. The number of nitrogens with zero attached hydrogens (tertiary/aromatic N) is 1. The number of ether oxygens (including phenoxy) is 2. The Labute approximate surface area is 381 Å². The van der Waals surface area contributed by atoms with E-state index in [4.69, 9.17) is 9.47 Å². The van der Waals surface area contributed by atoms with Gasteiger partial charge in [0.2, 0.25) is 11.8 Å². The molecule has 5 aromatic rings. The zero-order valence-corrected chi connectivity index (χ0v) is 37.4. The van der Waals surface area contributed by atoms with Crippen molar-refractivity contribution in [2.75, 3.05) is 31.6 Å². The highest BCUT2D eigenvalue weighted by Crippen LogP contribution is 2.33. The molecule has 3 amide bonds. The number of nitro groups is 1. The van der Waals surface area contributed by atoms with Gasteiger partial charge in [0.15, 0.2) is 5.41 Å². The van der Waals surface area contributed by atoms with E-state index in [1.807, 2.05) is 13.8 Å². The minimum Gasteiger partial charge on any atom is -0.466 e. The van der Waals surface area contributed by atoms with Crippen LogP contribution in [0.25, 0.3) is 11.1 Å². The normalized spacial score (nSPS) is 11.0. The molecule has 13 nitrogen and oxygen atoms in total. The van der Waals surface area contributed by atoms with Crippen molar-refractivity contribution in [3.05, 3.63) is 164 Å². The zero-order valence-electron chi connectivity index (χ0n) is 37.4. The number of esters is 2. The van der Waals surface area contributed by atoms with Crippen LogP contribution in [0.3, 0.4) is 0 Å². The third-order valence-corrected chi connectivity index (χ3v) is 10.4. The SMILES string of the molecule is CCNC(=O)C(COC(=O)Cc1ccc(NC(=O)c2ccccc2-c2ccc(C(F)(F)F)cc2)c(CC)c1)(C(=O)NCC)c1ccccc1.CCOC(=O)Cc1ccc([N+](=O)[O-])c(CC)c1. The Balaban J connectivity index is 0.000000470. The number of nitrogens with one attached hydrogen (secondary N) is 3. The lowest BCUT2D eigenvalue weighted by Crippen LogP contribution is -2.57. The molecular formula is C50H53F3N4O9. The molecule has 0 atom stereocenters. The Morgan fingerprint density at radius 2 is 1.18 bits per heavy atom. The van der Waals surface area contributed by atoms with Gasteiger partial charge < -0.3 is 25.4 Å². The first-order valence-corrected chi connectivity index (χ1v) is 21.4. The van der Waals surface area contributed by atoms with Crippen LogP contribution in [0.1, 0.15) is 78.4 Å². The molecule has 0 aliphatic heterocycles. The van der Waals surface area contributed by atoms with Crippen molar-refractivity contribution < 1.29 is 51.5 Å². The average Bonchev–Trinajstić information content (AvgIpc) is 3.30. The summed E-state index contributed by atoms with van der Waals surface area (Å²) >= 11 is 0. The van der Waals surface area contributed by atoms with Crippen LogP contribution in [-0.2, 0) is 65.9 Å². The lowest BCUT2D eigenvalue weighted by atomic mass is 9.79. The number of aryl methyl sites for hydroxylation is 2. The summed E-state index contributed by atoms with van der Waals surface area (Å²) in [6.45, 7) is 9.29. The van der Waals surface area contributed by atoms with E-state index >= 15 is 0 Å². The number of benzene rings is 5. The highest BCUT2D eigenvalue weighted by Gasteiger charge is 2.48. The number of halogens is 3. The fourth-order valence-electron chi connectivity index (χ4n) is 7.05. The van der Waals surface area contributed by atoms with Gasteiger partial charge in [-0.15, -0.1) is 0 Å². The Morgan fingerprint density at radius 3 is 1.73 bits per heavy atom. The second-order valence-corrected chi connectivity index (χ2v) is 14.8. The van der Waals surface area contributed by atoms with Crippen molar-refractivity contribution in [1.29, 1.82) is 0 Å². The molecule has 5 rings (SSSR count). The van der Waals surface area contributed by atoms with Gasteiger partial charge in [0.1, 0.15) is 6.61 Å². The largest absolute Gasteiger partial charge is 0.466 e. The van der Waals surface area contributed by atoms with Crippen molar-refractivity contribution in [2.24, 2.45) is 0 Å². The van der Waals surface area contributed by atoms with E-state index in [0.717, 1.165) is 23.3 Å². The number of rotatable bonds is 18. The molecule has 5 aromatic carbocycles. The van der Waals surface area contributed by atoms with Gasteiger partial charge in [-0.3, -0.25) is 34.1 Å². The van der Waals surface area contributed by atoms with Crippen molar-refractivity contribution >= 4 is 41.0 Å². The van der Waals surface area contributed by atoms with E-state index in [1.54, 1.807) is 106 Å². The van der Waals surface area contributed by atoms with Gasteiger partial charge in [0.05, 0.1) is 29.9 Å². The average molecular weight is 911 g/mol. The highest BCUT2D eigenvalue weighted by atomic mass is 19.4. The Bertz CT molecular complexity index is 2480. The summed E-state index contributed by atoms with van der Waals surface area (Å²) in [5, 5.41) is 19.0. The van der Waals surface area contributed by atoms with Crippen LogP contribution in [0, 0.1) is 10.1 Å². The number of nitro benzene ring substituents is 1. The predicted octanol–water partition coefficient (Wildman–Crippen LogP) is 8.75. The lowest BCUT2D eigenvalue weighted by Gasteiger charge is -2.31. The van der Waals surface area contributed by atoms with E-state index in [0.29, 0.717) is 53.0 Å². The second-order valence-electron chi connectivity index (χ2n) is 14.8. The van der Waals surface area contributed by atoms with Gasteiger partial charge in [0, 0.05) is 36.0 Å². The Morgan fingerprint density at radius 1 is 0.636 bits per heavy atom. The van der Waals surface area contributed by atoms with Crippen molar-refractivity contribution in [1.82, 2.24) is 10.6 Å². The van der Waals surface area contributed by atoms with E-state index in [1.165, 1.54) is 18.2 Å². The van der Waals surface area contributed by atoms with Crippen molar-refractivity contribution in [3.8, 4) is 11.1 Å². The minimum atomic E-state index is -4.47. The second kappa shape index (κ2) is 24.1. The molecule has 0 unspecified atom stereocenters. The number of carbonyl (C=O) groups excluding carboxylic acids is 5. The third kappa shape index (κ3) is 13.3. The first-order valence-electron chi connectivity index (χ1n) is 21.4. The molecule has 0 fully saturated rings. The number of alkyl halides is 3. The smallest absolute Gasteiger partial charge is 0.416 e. The monoisotopic (exact) mass is 910 g/mol. The molecule has 0 saturated heterocycles. The van der Waals surface area contributed by atoms with Crippen LogP contribution in [0.15, 0.2) is 115 Å². The Kier molecular flexibility index (Phi) is 18.7. The molecule has 0 radical (unpaired) electrons. The highest BCUT2D eigenvalue weighted by molar-refractivity contribution is 6.11. The number of amides is 3. The van der Waals surface area contributed by atoms with Crippen LogP contribution < -0.4 is 16.0 Å². The van der Waals surface area contributed by atoms with Crippen LogP contribution in [-0.4, -0.2) is 60.9 Å². The fourth-order valence-corrected chi connectivity index (χ4v) is 7.05. The van der Waals surface area contributed by atoms with Gasteiger partial charge in [-0.1, -0.05) is 92.7 Å². The van der Waals surface area contributed by atoms with E-state index in [2.05, 4.69) is 16.0 Å². The number of hydrogen-bond acceptors (Lipinski definition) is 9. The van der Waals surface area contributed by atoms with Gasteiger partial charge >= 0.3 is 18.1 Å². The predicted molar refractivity (Wildman–Crippen MR) is 244 cm³/mol. The van der Waals surface area contributed by atoms with Gasteiger partial charge in [-0.05, 0) is 97.3 Å². The van der Waals surface area contributed by atoms with Crippen LogP contribution in [0.5, 0.6) is 0 Å². The quantitative estimate of drug-likeness (QED) is 0.0335. The standard InChI is InChI=1S/C38H38F3N3O5.C12H15NO4/c1-4-26-22-25(23-33(45)49-24-37(35(47)42-5-2,36(48)43-6-3)28-12-8-7-9-13-28)16-21-32(26)44-34(46)31-15-11-10-14-30(31)27-17-19-29(20-18-27)38(39,40)41;1-3-10-7-9(8-12(14)17-4-2)5-6-11(10)13(15)16/h7-22H,4-6,23-24H2,1-3H3,(H,42,47)(H,43,48)(H,44,46);5-7H,3-4,8H2,1-2H3. The first-order chi connectivity index (χ1) is 31.5. The van der Waals surface area contributed by atoms with Crippen molar-refractivity contribution in [2.45, 2.75) is 71.9 Å². The van der Waals surface area contributed by atoms with E-state index < -0.39 is 52.4 Å². The maximum atomic E-state index is 13.4. The van der Waals surface area contributed by atoms with Crippen LogP contribution in [0.2, 0.25) is 0 Å². The number of likely N-dealkylation sites (N-methyl/N-ethyl adjacent to an activating group) is 2. The van der Waals surface area contributed by atoms with Crippen LogP contribution >= 0.6 is 0 Å². The topological polar surface area (TPSA) is 183 Å². The number of carbonyl (C=O) groups is 5. The summed E-state index contributed by atoms with van der Waals surface area (Å²) in [7, 11) is 0. The molecule has 66 heavy (non-hydrogen) atoms. The first kappa shape index (κ1) is 51.3. The summed E-state index contributed by atoms with van der Waals surface area (Å²) in [4.78, 5) is 74.9. The van der Waals surface area contributed by atoms with Gasteiger partial charge in [-0.2, -0.15) is 13.2 Å². The molecule has 0 saturated carbocycles. The summed E-state index contributed by atoms with van der Waals surface area (Å²) in [5.41, 5.74) is 2.30. The summed E-state index contributed by atoms with van der Waals surface area (Å²) < 4.78 is 49.7. The van der Waals surface area contributed by atoms with Crippen molar-refractivity contribution in [3.63, 3.8) is 0 Å². The summed E-state index contributed by atoms with van der Waals surface area (Å²) in [6, 6.07) is 29.5. The Hall–Kier alpha value is -7.36.